The minimum absolute atomic E-state index is 0.178. The summed E-state index contributed by atoms with van der Waals surface area (Å²) in [5.41, 5.74) is 1.51. The number of ether oxygens (including phenoxy) is 1. The van der Waals surface area contributed by atoms with Gasteiger partial charge in [-0.05, 0) is 55.5 Å². The number of hydrogen-bond donors (Lipinski definition) is 1. The molecule has 1 saturated heterocycles. The van der Waals surface area contributed by atoms with Gasteiger partial charge in [0.15, 0.2) is 5.65 Å². The van der Waals surface area contributed by atoms with Gasteiger partial charge in [-0.15, -0.1) is 0 Å². The van der Waals surface area contributed by atoms with Crippen molar-refractivity contribution in [3.8, 4) is 5.75 Å². The molecule has 9 nitrogen and oxygen atoms in total. The molecule has 1 aromatic carbocycles. The lowest BCUT2D eigenvalue weighted by Crippen LogP contribution is -2.37. The standard InChI is InChI=1S/C27H33N5O4/c1-17(2)16-32-24-23(25(33)29-27(32)35)21(15-22(28-24)18-5-6-18)26(34)31-12-4-11-30(13-14-31)19-7-9-20(36-3)10-8-19/h7-10,15,17-18H,4-6,11-14,16H2,1-3H3,(H,29,33,35). The van der Waals surface area contributed by atoms with Gasteiger partial charge in [0.25, 0.3) is 11.5 Å². The maximum Gasteiger partial charge on any atom is 0.330 e. The molecule has 0 bridgehead atoms. The maximum atomic E-state index is 13.9. The maximum absolute atomic E-state index is 13.9. The third kappa shape index (κ3) is 4.74. The van der Waals surface area contributed by atoms with E-state index in [1.807, 2.05) is 43.0 Å². The van der Waals surface area contributed by atoms with Crippen LogP contribution in [0.3, 0.4) is 0 Å². The second-order valence-corrected chi connectivity index (χ2v) is 10.2. The molecule has 1 amide bonds. The molecule has 36 heavy (non-hydrogen) atoms. The van der Waals surface area contributed by atoms with E-state index in [4.69, 9.17) is 9.72 Å². The number of anilines is 1. The molecule has 2 aliphatic rings. The van der Waals surface area contributed by atoms with Gasteiger partial charge in [-0.25, -0.2) is 9.78 Å². The van der Waals surface area contributed by atoms with Crippen molar-refractivity contribution in [3.63, 3.8) is 0 Å². The SMILES string of the molecule is COc1ccc(N2CCCN(C(=O)c3cc(C4CC4)nc4c3c(=O)[nH]c(=O)n4CC(C)C)CC2)cc1. The molecule has 1 saturated carbocycles. The van der Waals surface area contributed by atoms with Gasteiger partial charge >= 0.3 is 5.69 Å². The van der Waals surface area contributed by atoms with Crippen molar-refractivity contribution >= 4 is 22.6 Å². The number of H-pyrrole nitrogens is 1. The van der Waals surface area contributed by atoms with Crippen molar-refractivity contribution in [2.75, 3.05) is 38.2 Å². The minimum Gasteiger partial charge on any atom is -0.497 e. The van der Waals surface area contributed by atoms with Crippen LogP contribution < -0.4 is 20.9 Å². The summed E-state index contributed by atoms with van der Waals surface area (Å²) < 4.78 is 6.78. The third-order valence-corrected chi connectivity index (χ3v) is 6.96. The van der Waals surface area contributed by atoms with Crippen molar-refractivity contribution in [3.05, 3.63) is 62.4 Å². The Morgan fingerprint density at radius 2 is 1.86 bits per heavy atom. The van der Waals surface area contributed by atoms with E-state index in [0.717, 1.165) is 42.9 Å². The van der Waals surface area contributed by atoms with Crippen LogP contribution in [0.1, 0.15) is 55.1 Å². The van der Waals surface area contributed by atoms with Crippen LogP contribution in [0, 0.1) is 5.92 Å². The quantitative estimate of drug-likeness (QED) is 0.569. The smallest absolute Gasteiger partial charge is 0.330 e. The highest BCUT2D eigenvalue weighted by molar-refractivity contribution is 6.05. The van der Waals surface area contributed by atoms with Gasteiger partial charge < -0.3 is 14.5 Å². The van der Waals surface area contributed by atoms with E-state index in [0.29, 0.717) is 37.4 Å². The molecule has 0 unspecified atom stereocenters. The number of fused-ring (bicyclic) bond motifs is 1. The number of amides is 1. The first-order valence-electron chi connectivity index (χ1n) is 12.7. The summed E-state index contributed by atoms with van der Waals surface area (Å²) in [6.45, 7) is 7.08. The lowest BCUT2D eigenvalue weighted by atomic mass is 10.1. The molecular formula is C27H33N5O4. The molecule has 1 aliphatic carbocycles. The van der Waals surface area contributed by atoms with E-state index in [1.54, 1.807) is 13.2 Å². The highest BCUT2D eigenvalue weighted by atomic mass is 16.5. The zero-order chi connectivity index (χ0) is 25.4. The first-order valence-corrected chi connectivity index (χ1v) is 12.7. The van der Waals surface area contributed by atoms with E-state index in [-0.39, 0.29) is 23.1 Å². The summed E-state index contributed by atoms with van der Waals surface area (Å²) in [5, 5.41) is 0.209. The highest BCUT2D eigenvalue weighted by Gasteiger charge is 2.30. The van der Waals surface area contributed by atoms with E-state index in [9.17, 15) is 14.4 Å². The largest absolute Gasteiger partial charge is 0.497 e. The van der Waals surface area contributed by atoms with Gasteiger partial charge in [0.1, 0.15) is 5.75 Å². The van der Waals surface area contributed by atoms with E-state index >= 15 is 0 Å². The Hall–Kier alpha value is -3.62. The molecule has 0 atom stereocenters. The average Bonchev–Trinajstić information content (AvgIpc) is 3.73. The summed E-state index contributed by atoms with van der Waals surface area (Å²) in [4.78, 5) is 50.8. The highest BCUT2D eigenvalue weighted by Crippen LogP contribution is 2.40. The summed E-state index contributed by atoms with van der Waals surface area (Å²) in [6.07, 6.45) is 2.82. The Labute approximate surface area is 209 Å². The van der Waals surface area contributed by atoms with Gasteiger partial charge in [-0.3, -0.25) is 19.1 Å². The molecule has 2 fully saturated rings. The van der Waals surface area contributed by atoms with Crippen LogP contribution in [-0.2, 0) is 6.54 Å². The molecule has 1 N–H and O–H groups in total. The Kier molecular flexibility index (Phi) is 6.55. The van der Waals surface area contributed by atoms with Crippen LogP contribution >= 0.6 is 0 Å². The minimum atomic E-state index is -0.553. The second-order valence-electron chi connectivity index (χ2n) is 10.2. The summed E-state index contributed by atoms with van der Waals surface area (Å²) in [5.74, 6) is 1.08. The number of aromatic amines is 1. The molecule has 3 aromatic rings. The van der Waals surface area contributed by atoms with Crippen molar-refractivity contribution in [2.24, 2.45) is 5.92 Å². The molecule has 190 valence electrons. The van der Waals surface area contributed by atoms with Gasteiger partial charge in [0.05, 0.1) is 18.1 Å². The average molecular weight is 492 g/mol. The van der Waals surface area contributed by atoms with Crippen LogP contribution in [-0.4, -0.2) is 58.6 Å². The van der Waals surface area contributed by atoms with Crippen LogP contribution in [0.4, 0.5) is 5.69 Å². The van der Waals surface area contributed by atoms with Gasteiger partial charge in [0.2, 0.25) is 0 Å². The van der Waals surface area contributed by atoms with Crippen LogP contribution in [0.15, 0.2) is 39.9 Å². The van der Waals surface area contributed by atoms with Gasteiger partial charge in [-0.1, -0.05) is 13.8 Å². The van der Waals surface area contributed by atoms with Crippen LogP contribution in [0.25, 0.3) is 11.0 Å². The number of aromatic nitrogens is 3. The van der Waals surface area contributed by atoms with Crippen molar-refractivity contribution in [1.29, 1.82) is 0 Å². The summed E-state index contributed by atoms with van der Waals surface area (Å²) in [6, 6.07) is 9.72. The fourth-order valence-electron chi connectivity index (χ4n) is 4.93. The fraction of sp³-hybridized carbons (Fsp3) is 0.481. The Morgan fingerprint density at radius 3 is 2.53 bits per heavy atom. The zero-order valence-electron chi connectivity index (χ0n) is 21.1. The molecule has 0 radical (unpaired) electrons. The van der Waals surface area contributed by atoms with Crippen LogP contribution in [0.2, 0.25) is 0 Å². The van der Waals surface area contributed by atoms with Gasteiger partial charge in [-0.2, -0.15) is 0 Å². The first-order chi connectivity index (χ1) is 17.4. The predicted molar refractivity (Wildman–Crippen MR) is 139 cm³/mol. The number of rotatable bonds is 6. The lowest BCUT2D eigenvalue weighted by molar-refractivity contribution is 0.0768. The van der Waals surface area contributed by atoms with E-state index < -0.39 is 11.2 Å². The number of methoxy groups -OCH3 is 1. The predicted octanol–water partition coefficient (Wildman–Crippen LogP) is 2.98. The number of nitrogens with one attached hydrogen (secondary N) is 1. The third-order valence-electron chi connectivity index (χ3n) is 6.96. The number of carbonyl (C=O) groups excluding carboxylic acids is 1. The van der Waals surface area contributed by atoms with Crippen molar-refractivity contribution in [2.45, 2.75) is 45.6 Å². The Morgan fingerprint density at radius 1 is 1.11 bits per heavy atom. The number of hydrogen-bond acceptors (Lipinski definition) is 6. The Balaban J connectivity index is 1.49. The Bertz CT molecular complexity index is 1390. The molecular weight excluding hydrogens is 458 g/mol. The van der Waals surface area contributed by atoms with Crippen molar-refractivity contribution < 1.29 is 9.53 Å². The number of pyridine rings is 1. The molecule has 9 heteroatoms. The summed E-state index contributed by atoms with van der Waals surface area (Å²) >= 11 is 0. The van der Waals surface area contributed by atoms with Crippen LogP contribution in [0.5, 0.6) is 5.75 Å². The van der Waals surface area contributed by atoms with E-state index in [2.05, 4.69) is 9.88 Å². The zero-order valence-corrected chi connectivity index (χ0v) is 21.1. The number of nitrogens with zero attached hydrogens (tertiary/aromatic N) is 4. The fourth-order valence-corrected chi connectivity index (χ4v) is 4.93. The molecule has 2 aromatic heterocycles. The monoisotopic (exact) mass is 491 g/mol. The number of carbonyl (C=O) groups is 1. The second kappa shape index (κ2) is 9.79. The van der Waals surface area contributed by atoms with E-state index in [1.165, 1.54) is 4.57 Å². The lowest BCUT2D eigenvalue weighted by Gasteiger charge is -2.24. The summed E-state index contributed by atoms with van der Waals surface area (Å²) in [7, 11) is 1.65. The topological polar surface area (TPSA) is 101 Å². The normalized spacial score (nSPS) is 16.4. The van der Waals surface area contributed by atoms with Crippen molar-refractivity contribution in [1.82, 2.24) is 19.4 Å². The first kappa shape index (κ1) is 24.1. The molecule has 0 spiro atoms. The molecule has 3 heterocycles. The molecule has 1 aliphatic heterocycles. The van der Waals surface area contributed by atoms with Gasteiger partial charge in [0, 0.05) is 50.0 Å². The number of benzene rings is 1. The molecule has 5 rings (SSSR count).